The molecule has 2 aromatic rings. The molecule has 0 heterocycles. The molecule has 0 aliphatic carbocycles. The second kappa shape index (κ2) is 6.47. The third kappa shape index (κ3) is 3.87. The van der Waals surface area contributed by atoms with E-state index < -0.39 is 10.7 Å². The molecule has 0 unspecified atom stereocenters. The number of benzene rings is 2. The predicted molar refractivity (Wildman–Crippen MR) is 84.3 cm³/mol. The zero-order chi connectivity index (χ0) is 15.4. The number of halogens is 2. The van der Waals surface area contributed by atoms with Crippen LogP contribution in [0.3, 0.4) is 0 Å². The molecule has 0 aliphatic rings. The Hall–Kier alpha value is -2.25. The van der Waals surface area contributed by atoms with Gasteiger partial charge in [0.25, 0.3) is 5.69 Å². The lowest BCUT2D eigenvalue weighted by molar-refractivity contribution is -0.383. The van der Waals surface area contributed by atoms with E-state index in [1.807, 2.05) is 0 Å². The Morgan fingerprint density at radius 2 is 1.95 bits per heavy atom. The highest BCUT2D eigenvalue weighted by molar-refractivity contribution is 7.80. The molecular weight excluding hydrogens is 317 g/mol. The molecule has 0 aliphatic heterocycles. The van der Waals surface area contributed by atoms with Gasteiger partial charge in [-0.05, 0) is 36.5 Å². The van der Waals surface area contributed by atoms with Crippen LogP contribution < -0.4 is 10.6 Å². The molecule has 0 amide bonds. The van der Waals surface area contributed by atoms with Crippen molar-refractivity contribution in [2.45, 2.75) is 0 Å². The number of hydrogen-bond acceptors (Lipinski definition) is 3. The quantitative estimate of drug-likeness (QED) is 0.503. The van der Waals surface area contributed by atoms with E-state index in [1.165, 1.54) is 30.3 Å². The molecule has 0 atom stereocenters. The van der Waals surface area contributed by atoms with Gasteiger partial charge in [0.15, 0.2) is 5.11 Å². The summed E-state index contributed by atoms with van der Waals surface area (Å²) >= 11 is 10.7. The van der Waals surface area contributed by atoms with Crippen LogP contribution in [0.2, 0.25) is 5.02 Å². The lowest BCUT2D eigenvalue weighted by atomic mass is 10.2. The van der Waals surface area contributed by atoms with Gasteiger partial charge < -0.3 is 10.6 Å². The zero-order valence-corrected chi connectivity index (χ0v) is 12.0. The fourth-order valence-corrected chi connectivity index (χ4v) is 2.01. The Balaban J connectivity index is 2.12. The summed E-state index contributed by atoms with van der Waals surface area (Å²) in [5.74, 6) is -0.542. The number of thiocarbonyl (C=S) groups is 1. The van der Waals surface area contributed by atoms with E-state index in [9.17, 15) is 14.5 Å². The predicted octanol–water partition coefficient (Wildman–Crippen LogP) is 4.20. The molecule has 0 bridgehead atoms. The number of para-hydroxylation sites is 2. The van der Waals surface area contributed by atoms with E-state index in [-0.39, 0.29) is 21.5 Å². The Morgan fingerprint density at radius 3 is 2.62 bits per heavy atom. The zero-order valence-electron chi connectivity index (χ0n) is 10.5. The highest BCUT2D eigenvalue weighted by Gasteiger charge is 2.13. The number of nitro groups is 1. The number of rotatable bonds is 3. The molecule has 21 heavy (non-hydrogen) atoms. The molecular formula is C13H9ClFN3O2S. The smallest absolute Gasteiger partial charge is 0.292 e. The first-order valence-electron chi connectivity index (χ1n) is 5.74. The minimum atomic E-state index is -0.542. The van der Waals surface area contributed by atoms with Gasteiger partial charge in [-0.3, -0.25) is 10.1 Å². The SMILES string of the molecule is O=[N+]([O-])c1ccccc1NC(=S)Nc1ccc(F)c(Cl)c1. The van der Waals surface area contributed by atoms with Crippen molar-refractivity contribution in [1.82, 2.24) is 0 Å². The Kier molecular flexibility index (Phi) is 4.66. The number of hydrogen-bond donors (Lipinski definition) is 2. The maximum absolute atomic E-state index is 13.0. The standard InChI is InChI=1S/C13H9ClFN3O2S/c14-9-7-8(5-6-10(9)15)16-13(21)17-11-3-1-2-4-12(11)18(19)20/h1-7H,(H2,16,17,21). The average Bonchev–Trinajstić information content (AvgIpc) is 2.43. The highest BCUT2D eigenvalue weighted by Crippen LogP contribution is 2.24. The van der Waals surface area contributed by atoms with Crippen molar-refractivity contribution >= 4 is 46.0 Å². The van der Waals surface area contributed by atoms with E-state index in [2.05, 4.69) is 10.6 Å². The molecule has 108 valence electrons. The van der Waals surface area contributed by atoms with Gasteiger partial charge in [-0.2, -0.15) is 0 Å². The van der Waals surface area contributed by atoms with E-state index in [1.54, 1.807) is 12.1 Å². The Bertz CT molecular complexity index is 712. The number of nitro benzene ring substituents is 1. The maximum Gasteiger partial charge on any atom is 0.292 e. The minimum Gasteiger partial charge on any atom is -0.332 e. The van der Waals surface area contributed by atoms with Gasteiger partial charge in [0, 0.05) is 11.8 Å². The number of nitrogens with one attached hydrogen (secondary N) is 2. The first-order chi connectivity index (χ1) is 9.97. The van der Waals surface area contributed by atoms with E-state index >= 15 is 0 Å². The Labute approximate surface area is 129 Å². The van der Waals surface area contributed by atoms with Gasteiger partial charge in [0.05, 0.1) is 9.95 Å². The minimum absolute atomic E-state index is 0.0477. The summed E-state index contributed by atoms with van der Waals surface area (Å²) < 4.78 is 13.0. The monoisotopic (exact) mass is 325 g/mol. The van der Waals surface area contributed by atoms with Gasteiger partial charge in [-0.25, -0.2) is 4.39 Å². The Morgan fingerprint density at radius 1 is 1.24 bits per heavy atom. The molecule has 2 aromatic carbocycles. The van der Waals surface area contributed by atoms with Crippen molar-refractivity contribution in [3.8, 4) is 0 Å². The molecule has 0 radical (unpaired) electrons. The van der Waals surface area contributed by atoms with Crippen LogP contribution in [-0.2, 0) is 0 Å². The van der Waals surface area contributed by atoms with Crippen LogP contribution in [-0.4, -0.2) is 10.0 Å². The van der Waals surface area contributed by atoms with Crippen LogP contribution >= 0.6 is 23.8 Å². The molecule has 5 nitrogen and oxygen atoms in total. The van der Waals surface area contributed by atoms with E-state index in [0.29, 0.717) is 5.69 Å². The molecule has 8 heteroatoms. The van der Waals surface area contributed by atoms with Gasteiger partial charge in [-0.15, -0.1) is 0 Å². The third-order valence-corrected chi connectivity index (χ3v) is 3.02. The average molecular weight is 326 g/mol. The van der Waals surface area contributed by atoms with Crippen LogP contribution in [0.4, 0.5) is 21.5 Å². The van der Waals surface area contributed by atoms with Gasteiger partial charge >= 0.3 is 0 Å². The summed E-state index contributed by atoms with van der Waals surface area (Å²) in [4.78, 5) is 10.4. The van der Waals surface area contributed by atoms with E-state index in [0.717, 1.165) is 0 Å². The molecule has 0 spiro atoms. The normalized spacial score (nSPS) is 10.0. The highest BCUT2D eigenvalue weighted by atomic mass is 35.5. The lowest BCUT2D eigenvalue weighted by Gasteiger charge is -2.11. The van der Waals surface area contributed by atoms with Crippen LogP contribution in [0.1, 0.15) is 0 Å². The molecule has 2 rings (SSSR count). The van der Waals surface area contributed by atoms with Crippen molar-refractivity contribution in [1.29, 1.82) is 0 Å². The summed E-state index contributed by atoms with van der Waals surface area (Å²) in [7, 11) is 0. The van der Waals surface area contributed by atoms with Crippen LogP contribution in [0.25, 0.3) is 0 Å². The molecule has 0 saturated carbocycles. The second-order valence-electron chi connectivity index (χ2n) is 3.98. The fraction of sp³-hybridized carbons (Fsp3) is 0. The summed E-state index contributed by atoms with van der Waals surface area (Å²) in [6.07, 6.45) is 0. The van der Waals surface area contributed by atoms with Crippen molar-refractivity contribution in [3.05, 3.63) is 63.4 Å². The summed E-state index contributed by atoms with van der Waals surface area (Å²) in [6.45, 7) is 0. The molecule has 0 aromatic heterocycles. The molecule has 2 N–H and O–H groups in total. The lowest BCUT2D eigenvalue weighted by Crippen LogP contribution is -2.19. The third-order valence-electron chi connectivity index (χ3n) is 2.53. The first-order valence-corrected chi connectivity index (χ1v) is 6.52. The molecule has 0 fully saturated rings. The fourth-order valence-electron chi connectivity index (χ4n) is 1.60. The van der Waals surface area contributed by atoms with Crippen molar-refractivity contribution in [2.24, 2.45) is 0 Å². The van der Waals surface area contributed by atoms with Crippen molar-refractivity contribution < 1.29 is 9.31 Å². The summed E-state index contributed by atoms with van der Waals surface area (Å²) in [5.41, 5.74) is 0.629. The second-order valence-corrected chi connectivity index (χ2v) is 4.80. The van der Waals surface area contributed by atoms with Crippen LogP contribution in [0, 0.1) is 15.9 Å². The van der Waals surface area contributed by atoms with Gasteiger partial charge in [0.2, 0.25) is 0 Å². The van der Waals surface area contributed by atoms with E-state index in [4.69, 9.17) is 23.8 Å². The number of anilines is 2. The van der Waals surface area contributed by atoms with Crippen LogP contribution in [0.15, 0.2) is 42.5 Å². The largest absolute Gasteiger partial charge is 0.332 e. The topological polar surface area (TPSA) is 67.2 Å². The van der Waals surface area contributed by atoms with Crippen molar-refractivity contribution in [3.63, 3.8) is 0 Å². The maximum atomic E-state index is 13.0. The molecule has 0 saturated heterocycles. The summed E-state index contributed by atoms with van der Waals surface area (Å²) in [6, 6.07) is 10.1. The van der Waals surface area contributed by atoms with Crippen molar-refractivity contribution in [2.75, 3.05) is 10.6 Å². The summed E-state index contributed by atoms with van der Waals surface area (Å²) in [5, 5.41) is 16.5. The van der Waals surface area contributed by atoms with Gasteiger partial charge in [0.1, 0.15) is 11.5 Å². The van der Waals surface area contributed by atoms with Gasteiger partial charge in [-0.1, -0.05) is 23.7 Å². The van der Waals surface area contributed by atoms with Crippen LogP contribution in [0.5, 0.6) is 0 Å². The first kappa shape index (κ1) is 15.1. The number of nitrogens with zero attached hydrogens (tertiary/aromatic N) is 1.